The van der Waals surface area contributed by atoms with Gasteiger partial charge in [0.2, 0.25) is 0 Å². The second-order valence-electron chi connectivity index (χ2n) is 1.63. The van der Waals surface area contributed by atoms with Crippen LogP contribution in [0.15, 0.2) is 0 Å². The Kier molecular flexibility index (Phi) is 3.51. The Morgan fingerprint density at radius 2 is 2.00 bits per heavy atom. The standard InChI is InChI=1S/C4H8O.Na/c5-3-4-1-2-4;/h4-5H,1-3H2;. The third-order valence-electron chi connectivity index (χ3n) is 0.955. The van der Waals surface area contributed by atoms with Crippen molar-refractivity contribution in [2.75, 3.05) is 6.61 Å². The first-order valence-corrected chi connectivity index (χ1v) is 2.04. The van der Waals surface area contributed by atoms with Gasteiger partial charge in [0.25, 0.3) is 0 Å². The summed E-state index contributed by atoms with van der Waals surface area (Å²) in [6.45, 7) is 0.417. The Morgan fingerprint density at radius 3 is 2.00 bits per heavy atom. The zero-order valence-electron chi connectivity index (χ0n) is 4.15. The summed E-state index contributed by atoms with van der Waals surface area (Å²) in [5.41, 5.74) is 0. The van der Waals surface area contributed by atoms with Gasteiger partial charge in [0.15, 0.2) is 0 Å². The van der Waals surface area contributed by atoms with Crippen LogP contribution in [0.2, 0.25) is 0 Å². The van der Waals surface area contributed by atoms with Gasteiger partial charge in [-0.2, -0.15) is 0 Å². The molecule has 0 aromatic rings. The number of aliphatic hydroxyl groups excluding tert-OH is 1. The van der Waals surface area contributed by atoms with Crippen LogP contribution in [-0.4, -0.2) is 41.3 Å². The molecule has 1 aliphatic rings. The maximum atomic E-state index is 8.21. The van der Waals surface area contributed by atoms with E-state index in [-0.39, 0.29) is 29.6 Å². The molecule has 6 heavy (non-hydrogen) atoms. The van der Waals surface area contributed by atoms with Crippen molar-refractivity contribution in [3.8, 4) is 0 Å². The molecule has 1 rings (SSSR count). The van der Waals surface area contributed by atoms with Gasteiger partial charge < -0.3 is 5.11 Å². The molecule has 31 valence electrons. The van der Waals surface area contributed by atoms with E-state index in [0.29, 0.717) is 12.5 Å². The SMILES string of the molecule is OCC1CC1.[Na]. The van der Waals surface area contributed by atoms with Gasteiger partial charge in [-0.05, 0) is 18.8 Å². The second-order valence-corrected chi connectivity index (χ2v) is 1.63. The number of rotatable bonds is 1. The van der Waals surface area contributed by atoms with E-state index in [1.54, 1.807) is 0 Å². The minimum atomic E-state index is 0. The van der Waals surface area contributed by atoms with Crippen molar-refractivity contribution in [3.05, 3.63) is 0 Å². The molecule has 1 nitrogen and oxygen atoms in total. The number of hydrogen-bond donors (Lipinski definition) is 1. The first-order chi connectivity index (χ1) is 2.43. The summed E-state index contributed by atoms with van der Waals surface area (Å²) in [6.07, 6.45) is 2.52. The summed E-state index contributed by atoms with van der Waals surface area (Å²) in [5.74, 6) is 0.690. The van der Waals surface area contributed by atoms with E-state index in [4.69, 9.17) is 5.11 Å². The number of aliphatic hydroxyl groups is 1. The van der Waals surface area contributed by atoms with Crippen LogP contribution < -0.4 is 0 Å². The van der Waals surface area contributed by atoms with E-state index in [0.717, 1.165) is 0 Å². The summed E-state index contributed by atoms with van der Waals surface area (Å²) < 4.78 is 0. The molecule has 0 amide bonds. The smallest absolute Gasteiger partial charge is 0.0459 e. The third kappa shape index (κ3) is 2.19. The fourth-order valence-corrected chi connectivity index (χ4v) is 0.300. The van der Waals surface area contributed by atoms with Crippen molar-refractivity contribution >= 4 is 29.6 Å². The molecule has 0 aromatic heterocycles. The van der Waals surface area contributed by atoms with Crippen molar-refractivity contribution in [2.45, 2.75) is 12.8 Å². The molecule has 1 fully saturated rings. The predicted octanol–water partition coefficient (Wildman–Crippen LogP) is 0.00790. The van der Waals surface area contributed by atoms with Crippen LogP contribution in [0.3, 0.4) is 0 Å². The monoisotopic (exact) mass is 95.0 g/mol. The predicted molar refractivity (Wildman–Crippen MR) is 25.6 cm³/mol. The van der Waals surface area contributed by atoms with Crippen LogP contribution in [0, 0.1) is 5.92 Å². The van der Waals surface area contributed by atoms with Gasteiger partial charge in [-0.15, -0.1) is 0 Å². The molecule has 0 heterocycles. The van der Waals surface area contributed by atoms with Gasteiger partial charge in [-0.25, -0.2) is 0 Å². The van der Waals surface area contributed by atoms with Crippen LogP contribution in [0.25, 0.3) is 0 Å². The van der Waals surface area contributed by atoms with E-state index < -0.39 is 0 Å². The number of hydrogen-bond acceptors (Lipinski definition) is 1. The van der Waals surface area contributed by atoms with Crippen LogP contribution >= 0.6 is 0 Å². The Hall–Kier alpha value is 0.960. The summed E-state index contributed by atoms with van der Waals surface area (Å²) in [6, 6.07) is 0. The molecule has 2 heteroatoms. The van der Waals surface area contributed by atoms with E-state index in [9.17, 15) is 0 Å². The molecule has 0 unspecified atom stereocenters. The Morgan fingerprint density at radius 1 is 1.50 bits per heavy atom. The topological polar surface area (TPSA) is 20.2 Å². The molecule has 1 N–H and O–H groups in total. The minimum absolute atomic E-state index is 0. The maximum Gasteiger partial charge on any atom is 0.0459 e. The molecule has 0 atom stereocenters. The molecular weight excluding hydrogens is 87.0 g/mol. The van der Waals surface area contributed by atoms with Crippen molar-refractivity contribution in [1.29, 1.82) is 0 Å². The summed E-state index contributed by atoms with van der Waals surface area (Å²) in [4.78, 5) is 0. The van der Waals surface area contributed by atoms with Gasteiger partial charge in [0.05, 0.1) is 0 Å². The summed E-state index contributed by atoms with van der Waals surface area (Å²) in [7, 11) is 0. The molecule has 0 aliphatic heterocycles. The zero-order chi connectivity index (χ0) is 3.70. The van der Waals surface area contributed by atoms with Crippen LogP contribution in [0.4, 0.5) is 0 Å². The quantitative estimate of drug-likeness (QED) is 0.455. The second kappa shape index (κ2) is 3.03. The van der Waals surface area contributed by atoms with Crippen LogP contribution in [-0.2, 0) is 0 Å². The minimum Gasteiger partial charge on any atom is -0.396 e. The van der Waals surface area contributed by atoms with Crippen molar-refractivity contribution in [1.82, 2.24) is 0 Å². The molecule has 1 saturated carbocycles. The van der Waals surface area contributed by atoms with E-state index in [1.807, 2.05) is 0 Å². The van der Waals surface area contributed by atoms with Gasteiger partial charge in [-0.3, -0.25) is 0 Å². The maximum absolute atomic E-state index is 8.21. The van der Waals surface area contributed by atoms with Crippen LogP contribution in [0.1, 0.15) is 12.8 Å². The van der Waals surface area contributed by atoms with Crippen molar-refractivity contribution < 1.29 is 5.11 Å². The van der Waals surface area contributed by atoms with Gasteiger partial charge in [-0.1, -0.05) is 0 Å². The Labute approximate surface area is 60.0 Å². The Balaban J connectivity index is 0.000000250. The fraction of sp³-hybridized carbons (Fsp3) is 1.00. The van der Waals surface area contributed by atoms with Crippen molar-refractivity contribution in [3.63, 3.8) is 0 Å². The first-order valence-electron chi connectivity index (χ1n) is 2.04. The zero-order valence-corrected chi connectivity index (χ0v) is 6.15. The molecule has 1 radical (unpaired) electrons. The van der Waals surface area contributed by atoms with Gasteiger partial charge in [0.1, 0.15) is 0 Å². The summed E-state index contributed by atoms with van der Waals surface area (Å²) in [5, 5.41) is 8.21. The molecular formula is C4H8NaO. The molecule has 0 spiro atoms. The molecule has 0 bridgehead atoms. The third-order valence-corrected chi connectivity index (χ3v) is 0.955. The van der Waals surface area contributed by atoms with Gasteiger partial charge >= 0.3 is 0 Å². The fourth-order valence-electron chi connectivity index (χ4n) is 0.300. The molecule has 0 saturated heterocycles. The van der Waals surface area contributed by atoms with E-state index >= 15 is 0 Å². The average molecular weight is 95.1 g/mol. The normalized spacial score (nSPS) is 19.5. The molecule has 0 aromatic carbocycles. The van der Waals surface area contributed by atoms with Crippen molar-refractivity contribution in [2.24, 2.45) is 5.92 Å². The average Bonchev–Trinajstić information content (AvgIpc) is 2.12. The largest absolute Gasteiger partial charge is 0.396 e. The van der Waals surface area contributed by atoms with Crippen LogP contribution in [0.5, 0.6) is 0 Å². The summed E-state index contributed by atoms with van der Waals surface area (Å²) >= 11 is 0. The van der Waals surface area contributed by atoms with E-state index in [1.165, 1.54) is 12.8 Å². The Bertz CT molecular complexity index is 34.5. The van der Waals surface area contributed by atoms with E-state index in [2.05, 4.69) is 0 Å². The molecule has 1 aliphatic carbocycles. The first kappa shape index (κ1) is 6.96. The van der Waals surface area contributed by atoms with Gasteiger partial charge in [0, 0.05) is 36.2 Å².